The highest BCUT2D eigenvalue weighted by molar-refractivity contribution is 7.99. The molecule has 3 aromatic rings. The van der Waals surface area contributed by atoms with E-state index in [0.717, 1.165) is 9.79 Å². The normalized spacial score (nSPS) is 10.6. The Hall–Kier alpha value is -2.26. The van der Waals surface area contributed by atoms with Gasteiger partial charge in [-0.05, 0) is 41.1 Å². The fourth-order valence-electron chi connectivity index (χ4n) is 2.06. The summed E-state index contributed by atoms with van der Waals surface area (Å²) in [5.41, 5.74) is 0.316. The minimum absolute atomic E-state index is 0.316. The molecule has 0 aliphatic carbocycles. The van der Waals surface area contributed by atoms with Gasteiger partial charge in [0.2, 0.25) is 0 Å². The van der Waals surface area contributed by atoms with Gasteiger partial charge in [0, 0.05) is 9.79 Å². The van der Waals surface area contributed by atoms with Crippen LogP contribution in [-0.2, 0) is 0 Å². The second-order valence-corrected chi connectivity index (χ2v) is 5.59. The zero-order chi connectivity index (χ0) is 13.9. The summed E-state index contributed by atoms with van der Waals surface area (Å²) >= 11 is 1.57. The largest absolute Gasteiger partial charge is 0.478 e. The second kappa shape index (κ2) is 5.39. The third-order valence-corrected chi connectivity index (χ3v) is 4.02. The second-order valence-electron chi connectivity index (χ2n) is 4.44. The zero-order valence-corrected chi connectivity index (χ0v) is 11.4. The lowest BCUT2D eigenvalue weighted by molar-refractivity contribution is 0.0696. The van der Waals surface area contributed by atoms with E-state index >= 15 is 0 Å². The van der Waals surface area contributed by atoms with E-state index in [1.165, 1.54) is 10.8 Å². The number of benzene rings is 3. The Kier molecular flexibility index (Phi) is 3.44. The third-order valence-electron chi connectivity index (χ3n) is 3.04. The predicted molar refractivity (Wildman–Crippen MR) is 81.5 cm³/mol. The van der Waals surface area contributed by atoms with Gasteiger partial charge in [-0.1, -0.05) is 48.2 Å². The predicted octanol–water partition coefficient (Wildman–Crippen LogP) is 4.69. The van der Waals surface area contributed by atoms with E-state index in [2.05, 4.69) is 30.3 Å². The van der Waals surface area contributed by atoms with Crippen molar-refractivity contribution in [2.45, 2.75) is 9.79 Å². The van der Waals surface area contributed by atoms with Crippen molar-refractivity contribution >= 4 is 28.5 Å². The van der Waals surface area contributed by atoms with Gasteiger partial charge in [-0.3, -0.25) is 0 Å². The first-order valence-electron chi connectivity index (χ1n) is 6.22. The van der Waals surface area contributed by atoms with Crippen LogP contribution in [-0.4, -0.2) is 11.1 Å². The molecule has 3 heteroatoms. The molecule has 1 N–H and O–H groups in total. The van der Waals surface area contributed by atoms with Gasteiger partial charge < -0.3 is 5.11 Å². The smallest absolute Gasteiger partial charge is 0.335 e. The Bertz CT molecular complexity index is 781. The number of aromatic carboxylic acids is 1. The van der Waals surface area contributed by atoms with Crippen LogP contribution < -0.4 is 0 Å². The Morgan fingerprint density at radius 3 is 2.35 bits per heavy atom. The lowest BCUT2D eigenvalue weighted by Gasteiger charge is -2.04. The van der Waals surface area contributed by atoms with Gasteiger partial charge in [0.25, 0.3) is 0 Å². The molecule has 0 atom stereocenters. The topological polar surface area (TPSA) is 37.3 Å². The highest BCUT2D eigenvalue weighted by Crippen LogP contribution is 2.30. The van der Waals surface area contributed by atoms with Gasteiger partial charge in [-0.2, -0.15) is 0 Å². The maximum Gasteiger partial charge on any atom is 0.335 e. The quantitative estimate of drug-likeness (QED) is 0.756. The highest BCUT2D eigenvalue weighted by Gasteiger charge is 2.04. The van der Waals surface area contributed by atoms with Crippen LogP contribution in [0.1, 0.15) is 10.4 Å². The first-order chi connectivity index (χ1) is 9.72. The minimum Gasteiger partial charge on any atom is -0.478 e. The van der Waals surface area contributed by atoms with Crippen LogP contribution in [0.4, 0.5) is 0 Å². The number of rotatable bonds is 3. The number of carbonyl (C=O) groups is 1. The van der Waals surface area contributed by atoms with Gasteiger partial charge in [-0.25, -0.2) is 4.79 Å². The summed E-state index contributed by atoms with van der Waals surface area (Å²) in [5, 5.41) is 11.4. The number of hydrogen-bond acceptors (Lipinski definition) is 2. The molecule has 0 amide bonds. The van der Waals surface area contributed by atoms with Crippen molar-refractivity contribution in [3.8, 4) is 0 Å². The lowest BCUT2D eigenvalue weighted by Crippen LogP contribution is -1.95. The molecule has 0 fully saturated rings. The molecule has 0 heterocycles. The standard InChI is InChI=1S/C17H12O2S/c18-17(19)14-6-3-7-15(11-14)20-16-9-8-12-4-1-2-5-13(12)10-16/h1-11H,(H,18,19). The Balaban J connectivity index is 1.92. The fraction of sp³-hybridized carbons (Fsp3) is 0. The van der Waals surface area contributed by atoms with E-state index in [1.807, 2.05) is 18.2 Å². The molecule has 0 aliphatic rings. The summed E-state index contributed by atoms with van der Waals surface area (Å²) in [6.45, 7) is 0. The van der Waals surface area contributed by atoms with Gasteiger partial charge in [0.15, 0.2) is 0 Å². The van der Waals surface area contributed by atoms with Crippen molar-refractivity contribution in [3.05, 3.63) is 72.3 Å². The summed E-state index contributed by atoms with van der Waals surface area (Å²) in [6, 6.07) is 21.4. The van der Waals surface area contributed by atoms with Crippen LogP contribution in [0.2, 0.25) is 0 Å². The Morgan fingerprint density at radius 1 is 0.800 bits per heavy atom. The van der Waals surface area contributed by atoms with Crippen molar-refractivity contribution in [3.63, 3.8) is 0 Å². The average molecular weight is 280 g/mol. The molecule has 3 aromatic carbocycles. The van der Waals surface area contributed by atoms with Crippen LogP contribution in [0.5, 0.6) is 0 Å². The summed E-state index contributed by atoms with van der Waals surface area (Å²) in [4.78, 5) is 13.0. The highest BCUT2D eigenvalue weighted by atomic mass is 32.2. The molecule has 3 rings (SSSR count). The molecule has 0 bridgehead atoms. The van der Waals surface area contributed by atoms with Crippen LogP contribution in [0.3, 0.4) is 0 Å². The molecule has 2 nitrogen and oxygen atoms in total. The Labute approximate surface area is 121 Å². The molecule has 0 saturated heterocycles. The van der Waals surface area contributed by atoms with E-state index in [-0.39, 0.29) is 0 Å². The van der Waals surface area contributed by atoms with Gasteiger partial charge in [0.1, 0.15) is 0 Å². The minimum atomic E-state index is -0.897. The van der Waals surface area contributed by atoms with E-state index in [9.17, 15) is 4.79 Å². The number of carboxylic acid groups (broad SMARTS) is 1. The summed E-state index contributed by atoms with van der Waals surface area (Å²) in [7, 11) is 0. The monoisotopic (exact) mass is 280 g/mol. The fourth-order valence-corrected chi connectivity index (χ4v) is 2.99. The van der Waals surface area contributed by atoms with Crippen LogP contribution >= 0.6 is 11.8 Å². The molecule has 0 spiro atoms. The SMILES string of the molecule is O=C(O)c1cccc(Sc2ccc3ccccc3c2)c1. The van der Waals surface area contributed by atoms with E-state index < -0.39 is 5.97 Å². The zero-order valence-electron chi connectivity index (χ0n) is 10.6. The molecule has 20 heavy (non-hydrogen) atoms. The van der Waals surface area contributed by atoms with E-state index in [0.29, 0.717) is 5.56 Å². The molecular formula is C17H12O2S. The van der Waals surface area contributed by atoms with Crippen molar-refractivity contribution < 1.29 is 9.90 Å². The van der Waals surface area contributed by atoms with Crippen molar-refractivity contribution in [2.24, 2.45) is 0 Å². The van der Waals surface area contributed by atoms with Crippen LogP contribution in [0.25, 0.3) is 10.8 Å². The molecule has 0 radical (unpaired) electrons. The lowest BCUT2D eigenvalue weighted by atomic mass is 10.1. The summed E-state index contributed by atoms with van der Waals surface area (Å²) in [6.07, 6.45) is 0. The maximum atomic E-state index is 11.0. The van der Waals surface area contributed by atoms with Gasteiger partial charge >= 0.3 is 5.97 Å². The number of fused-ring (bicyclic) bond motifs is 1. The molecule has 98 valence electrons. The third kappa shape index (κ3) is 2.68. The first kappa shape index (κ1) is 12.8. The van der Waals surface area contributed by atoms with E-state index in [1.54, 1.807) is 30.0 Å². The molecule has 0 aliphatic heterocycles. The van der Waals surface area contributed by atoms with Crippen molar-refractivity contribution in [2.75, 3.05) is 0 Å². The van der Waals surface area contributed by atoms with Gasteiger partial charge in [0.05, 0.1) is 5.56 Å². The van der Waals surface area contributed by atoms with E-state index in [4.69, 9.17) is 5.11 Å². The molecule has 0 saturated carbocycles. The van der Waals surface area contributed by atoms with Crippen LogP contribution in [0, 0.1) is 0 Å². The number of hydrogen-bond donors (Lipinski definition) is 1. The molecule has 0 unspecified atom stereocenters. The number of carboxylic acids is 1. The maximum absolute atomic E-state index is 11.0. The summed E-state index contributed by atoms with van der Waals surface area (Å²) < 4.78 is 0. The van der Waals surface area contributed by atoms with Gasteiger partial charge in [-0.15, -0.1) is 0 Å². The Morgan fingerprint density at radius 2 is 1.55 bits per heavy atom. The average Bonchev–Trinajstić information content (AvgIpc) is 2.47. The first-order valence-corrected chi connectivity index (χ1v) is 7.04. The molecular weight excluding hydrogens is 268 g/mol. The summed E-state index contributed by atoms with van der Waals surface area (Å²) in [5.74, 6) is -0.897. The van der Waals surface area contributed by atoms with Crippen molar-refractivity contribution in [1.82, 2.24) is 0 Å². The molecule has 0 aromatic heterocycles. The van der Waals surface area contributed by atoms with Crippen molar-refractivity contribution in [1.29, 1.82) is 0 Å². The van der Waals surface area contributed by atoms with Crippen LogP contribution in [0.15, 0.2) is 76.5 Å².